The molecule has 10 heteroatoms. The molecular formula is C26H32N4O6. The number of carbonyl (C=O) groups is 3. The van der Waals surface area contributed by atoms with E-state index < -0.39 is 35.0 Å². The van der Waals surface area contributed by atoms with Crippen molar-refractivity contribution >= 4 is 29.0 Å². The number of aryl methyl sites for hydroxylation is 1. The van der Waals surface area contributed by atoms with Crippen LogP contribution in [0.15, 0.2) is 23.1 Å². The third-order valence-corrected chi connectivity index (χ3v) is 5.57. The summed E-state index contributed by atoms with van der Waals surface area (Å²) >= 11 is 0. The lowest BCUT2D eigenvalue weighted by Crippen LogP contribution is -2.44. The van der Waals surface area contributed by atoms with Crippen molar-refractivity contribution in [2.24, 2.45) is 0 Å². The Balaban J connectivity index is 1.54. The number of hydrogen-bond donors (Lipinski definition) is 1. The summed E-state index contributed by atoms with van der Waals surface area (Å²) in [6, 6.07) is 2.65. The quantitative estimate of drug-likeness (QED) is 0.355. The molecule has 3 rings (SSSR count). The standard InChI is InChI=1S/C26H32N4O6/c1-6-13-29-16-19(21(31)18-11-10-17(2)28-22(18)29)23(32)27-12-8-15-35-24(33)20-9-7-14-30(20)25(34)36-26(3,4)5/h1,10-11,16,20H,7-9,12-15H2,2-5H3,(H,27,32)/t20-/m1/s1. The van der Waals surface area contributed by atoms with Gasteiger partial charge in [-0.15, -0.1) is 6.42 Å². The molecule has 2 amide bonds. The van der Waals surface area contributed by atoms with Gasteiger partial charge in [-0.05, 0) is 59.1 Å². The number of ether oxygens (including phenoxy) is 2. The highest BCUT2D eigenvalue weighted by Crippen LogP contribution is 2.22. The number of rotatable bonds is 7. The molecule has 1 N–H and O–H groups in total. The molecule has 0 spiro atoms. The molecule has 2 aromatic heterocycles. The van der Waals surface area contributed by atoms with Gasteiger partial charge in [-0.2, -0.15) is 0 Å². The summed E-state index contributed by atoms with van der Waals surface area (Å²) in [7, 11) is 0. The molecule has 1 aliphatic heterocycles. The minimum atomic E-state index is -0.682. The maximum Gasteiger partial charge on any atom is 0.411 e. The van der Waals surface area contributed by atoms with Crippen LogP contribution in [0, 0.1) is 19.3 Å². The molecule has 10 nitrogen and oxygen atoms in total. The molecule has 1 aliphatic rings. The lowest BCUT2D eigenvalue weighted by molar-refractivity contribution is -0.148. The Hall–Kier alpha value is -3.87. The molecule has 1 atom stereocenters. The number of nitrogens with zero attached hydrogens (tertiary/aromatic N) is 3. The maximum atomic E-state index is 12.9. The number of aromatic nitrogens is 2. The normalized spacial score (nSPS) is 15.4. The largest absolute Gasteiger partial charge is 0.464 e. The van der Waals surface area contributed by atoms with Gasteiger partial charge in [-0.1, -0.05) is 5.92 Å². The van der Waals surface area contributed by atoms with Gasteiger partial charge in [-0.3, -0.25) is 14.5 Å². The minimum absolute atomic E-state index is 0.0423. The molecule has 0 bridgehead atoms. The summed E-state index contributed by atoms with van der Waals surface area (Å²) in [5.74, 6) is 1.45. The summed E-state index contributed by atoms with van der Waals surface area (Å²) in [6.07, 6.45) is 7.85. The highest BCUT2D eigenvalue weighted by atomic mass is 16.6. The van der Waals surface area contributed by atoms with Gasteiger partial charge in [0.05, 0.1) is 18.5 Å². The fraction of sp³-hybridized carbons (Fsp3) is 0.500. The topological polar surface area (TPSA) is 120 Å². The van der Waals surface area contributed by atoms with Gasteiger partial charge in [0, 0.05) is 25.0 Å². The molecule has 0 aromatic carbocycles. The van der Waals surface area contributed by atoms with Gasteiger partial charge < -0.3 is 19.4 Å². The highest BCUT2D eigenvalue weighted by Gasteiger charge is 2.37. The zero-order valence-corrected chi connectivity index (χ0v) is 21.1. The first-order valence-corrected chi connectivity index (χ1v) is 11.9. The predicted octanol–water partition coefficient (Wildman–Crippen LogP) is 2.40. The van der Waals surface area contributed by atoms with Gasteiger partial charge in [0.15, 0.2) is 0 Å². The van der Waals surface area contributed by atoms with Gasteiger partial charge in [0.25, 0.3) is 5.91 Å². The molecule has 1 fully saturated rings. The number of hydrogen-bond acceptors (Lipinski definition) is 7. The van der Waals surface area contributed by atoms with Crippen molar-refractivity contribution in [2.75, 3.05) is 19.7 Å². The summed E-state index contributed by atoms with van der Waals surface area (Å²) < 4.78 is 12.3. The van der Waals surface area contributed by atoms with E-state index >= 15 is 0 Å². The van der Waals surface area contributed by atoms with Crippen molar-refractivity contribution in [2.45, 2.75) is 65.1 Å². The zero-order valence-electron chi connectivity index (χ0n) is 21.1. The average molecular weight is 497 g/mol. The van der Waals surface area contributed by atoms with Crippen LogP contribution in [0.4, 0.5) is 4.79 Å². The van der Waals surface area contributed by atoms with Crippen molar-refractivity contribution in [3.8, 4) is 12.3 Å². The number of nitrogens with one attached hydrogen (secondary N) is 1. The van der Waals surface area contributed by atoms with Crippen LogP contribution >= 0.6 is 0 Å². The van der Waals surface area contributed by atoms with Gasteiger partial charge in [-0.25, -0.2) is 14.6 Å². The second-order valence-corrected chi connectivity index (χ2v) is 9.64. The lowest BCUT2D eigenvalue weighted by atomic mass is 10.1. The Morgan fingerprint density at radius 1 is 1.28 bits per heavy atom. The number of pyridine rings is 2. The average Bonchev–Trinajstić information content (AvgIpc) is 3.30. The van der Waals surface area contributed by atoms with Crippen molar-refractivity contribution in [3.63, 3.8) is 0 Å². The first kappa shape index (κ1) is 26.7. The second kappa shape index (κ2) is 11.2. The molecule has 192 valence electrons. The Labute approximate surface area is 210 Å². The van der Waals surface area contributed by atoms with Gasteiger partial charge >= 0.3 is 12.1 Å². The third-order valence-electron chi connectivity index (χ3n) is 5.57. The van der Waals surface area contributed by atoms with Crippen LogP contribution in [-0.2, 0) is 20.8 Å². The number of fused-ring (bicyclic) bond motifs is 1. The maximum absolute atomic E-state index is 12.9. The van der Waals surface area contributed by atoms with Gasteiger partial charge in [0.2, 0.25) is 5.43 Å². The number of esters is 1. The summed E-state index contributed by atoms with van der Waals surface area (Å²) in [6.45, 7) is 7.94. The molecule has 1 saturated heterocycles. The molecule has 36 heavy (non-hydrogen) atoms. The van der Waals surface area contributed by atoms with E-state index in [1.807, 2.05) is 0 Å². The molecule has 0 aliphatic carbocycles. The Morgan fingerprint density at radius 3 is 2.72 bits per heavy atom. The van der Waals surface area contributed by atoms with E-state index in [0.717, 1.165) is 5.69 Å². The lowest BCUT2D eigenvalue weighted by Gasteiger charge is -2.27. The third kappa shape index (κ3) is 6.42. The Morgan fingerprint density at radius 2 is 2.03 bits per heavy atom. The number of terminal acetylenes is 1. The summed E-state index contributed by atoms with van der Waals surface area (Å²) in [5.41, 5.74) is 0.0224. The number of carbonyl (C=O) groups excluding carboxylic acids is 3. The first-order valence-electron chi connectivity index (χ1n) is 11.9. The molecule has 0 saturated carbocycles. The summed E-state index contributed by atoms with van der Waals surface area (Å²) in [4.78, 5) is 56.2. The monoisotopic (exact) mass is 496 g/mol. The second-order valence-electron chi connectivity index (χ2n) is 9.64. The smallest absolute Gasteiger partial charge is 0.411 e. The highest BCUT2D eigenvalue weighted by molar-refractivity contribution is 5.96. The zero-order chi connectivity index (χ0) is 26.5. The van der Waals surface area contributed by atoms with Gasteiger partial charge in [0.1, 0.15) is 22.9 Å². The minimum Gasteiger partial charge on any atom is -0.464 e. The van der Waals surface area contributed by atoms with Crippen LogP contribution in [0.2, 0.25) is 0 Å². The van der Waals surface area contributed by atoms with Crippen molar-refractivity contribution < 1.29 is 23.9 Å². The summed E-state index contributed by atoms with van der Waals surface area (Å²) in [5, 5.41) is 2.99. The van der Waals surface area contributed by atoms with Crippen LogP contribution in [0.5, 0.6) is 0 Å². The molecule has 0 radical (unpaired) electrons. The Kier molecular flexibility index (Phi) is 8.35. The van der Waals surface area contributed by atoms with Crippen LogP contribution in [0.25, 0.3) is 11.0 Å². The van der Waals surface area contributed by atoms with Crippen LogP contribution in [0.3, 0.4) is 0 Å². The van der Waals surface area contributed by atoms with Crippen molar-refractivity contribution in [1.29, 1.82) is 0 Å². The van der Waals surface area contributed by atoms with E-state index in [4.69, 9.17) is 15.9 Å². The molecule has 3 heterocycles. The van der Waals surface area contributed by atoms with E-state index in [2.05, 4.69) is 16.2 Å². The van der Waals surface area contributed by atoms with Crippen LogP contribution in [0.1, 0.15) is 56.1 Å². The fourth-order valence-electron chi connectivity index (χ4n) is 3.93. The van der Waals surface area contributed by atoms with E-state index in [0.29, 0.717) is 36.8 Å². The molecular weight excluding hydrogens is 464 g/mol. The molecule has 2 aromatic rings. The van der Waals surface area contributed by atoms with E-state index in [1.54, 1.807) is 44.4 Å². The number of likely N-dealkylation sites (tertiary alicyclic amines) is 1. The Bertz CT molecular complexity index is 1250. The van der Waals surface area contributed by atoms with E-state index in [9.17, 15) is 19.2 Å². The van der Waals surface area contributed by atoms with Crippen LogP contribution in [-0.4, -0.2) is 63.8 Å². The predicted molar refractivity (Wildman–Crippen MR) is 133 cm³/mol. The fourth-order valence-corrected chi connectivity index (χ4v) is 3.93. The number of amides is 2. The van der Waals surface area contributed by atoms with Crippen LogP contribution < -0.4 is 10.7 Å². The molecule has 0 unspecified atom stereocenters. The van der Waals surface area contributed by atoms with E-state index in [-0.39, 0.29) is 25.3 Å². The first-order chi connectivity index (χ1) is 17.0. The van der Waals surface area contributed by atoms with Crippen molar-refractivity contribution in [3.05, 3.63) is 39.8 Å². The van der Waals surface area contributed by atoms with E-state index in [1.165, 1.54) is 11.1 Å². The van der Waals surface area contributed by atoms with Crippen molar-refractivity contribution in [1.82, 2.24) is 19.8 Å². The SMILES string of the molecule is C#CCn1cc(C(=O)NCCCOC(=O)[C@H]2CCCN2C(=O)OC(C)(C)C)c(=O)c2ccc(C)nc21.